The number of aromatic nitrogens is 2. The molecule has 0 bridgehead atoms. The minimum absolute atomic E-state index is 0.245. The first-order valence-corrected chi connectivity index (χ1v) is 5.99. The first-order chi connectivity index (χ1) is 9.08. The average Bonchev–Trinajstić information content (AvgIpc) is 2.80. The molecule has 0 aliphatic carbocycles. The predicted octanol–water partition coefficient (Wildman–Crippen LogP) is 2.59. The highest BCUT2D eigenvalue weighted by Crippen LogP contribution is 2.30. The Hall–Kier alpha value is -2.48. The van der Waals surface area contributed by atoms with Crippen molar-refractivity contribution in [1.29, 1.82) is 5.26 Å². The summed E-state index contributed by atoms with van der Waals surface area (Å²) in [5.41, 5.74) is 8.06. The zero-order valence-corrected chi connectivity index (χ0v) is 11.2. The van der Waals surface area contributed by atoms with Crippen molar-refractivity contribution in [2.45, 2.75) is 19.9 Å². The second-order valence-corrected chi connectivity index (χ2v) is 4.51. The summed E-state index contributed by atoms with van der Waals surface area (Å²) in [6, 6.07) is 7.69. The van der Waals surface area contributed by atoms with E-state index in [1.807, 2.05) is 24.5 Å². The second-order valence-electron chi connectivity index (χ2n) is 4.51. The number of nitriles is 1. The SMILES string of the molecule is COc1ccc(-c2ncn(C(C)C)c2N)cc1C#N. The summed E-state index contributed by atoms with van der Waals surface area (Å²) < 4.78 is 7.02. The van der Waals surface area contributed by atoms with Crippen LogP contribution in [0.4, 0.5) is 5.82 Å². The molecule has 0 saturated carbocycles. The summed E-state index contributed by atoms with van der Waals surface area (Å²) in [5, 5.41) is 9.10. The highest BCUT2D eigenvalue weighted by atomic mass is 16.5. The van der Waals surface area contributed by atoms with Gasteiger partial charge < -0.3 is 15.0 Å². The van der Waals surface area contributed by atoms with Crippen LogP contribution in [-0.4, -0.2) is 16.7 Å². The van der Waals surface area contributed by atoms with E-state index in [9.17, 15) is 0 Å². The maximum absolute atomic E-state index is 9.10. The van der Waals surface area contributed by atoms with Crippen LogP contribution >= 0.6 is 0 Å². The van der Waals surface area contributed by atoms with E-state index in [0.717, 1.165) is 5.56 Å². The van der Waals surface area contributed by atoms with Crippen molar-refractivity contribution in [1.82, 2.24) is 9.55 Å². The van der Waals surface area contributed by atoms with Gasteiger partial charge in [0.25, 0.3) is 0 Å². The van der Waals surface area contributed by atoms with E-state index in [4.69, 9.17) is 15.7 Å². The van der Waals surface area contributed by atoms with Crippen molar-refractivity contribution >= 4 is 5.82 Å². The highest BCUT2D eigenvalue weighted by Gasteiger charge is 2.13. The molecular weight excluding hydrogens is 240 g/mol. The molecule has 0 aliphatic rings. The first-order valence-electron chi connectivity index (χ1n) is 5.99. The molecule has 5 heteroatoms. The van der Waals surface area contributed by atoms with Crippen molar-refractivity contribution in [3.8, 4) is 23.1 Å². The van der Waals surface area contributed by atoms with Crippen molar-refractivity contribution in [3.05, 3.63) is 30.1 Å². The predicted molar refractivity (Wildman–Crippen MR) is 73.7 cm³/mol. The van der Waals surface area contributed by atoms with Gasteiger partial charge in [0.05, 0.1) is 19.0 Å². The smallest absolute Gasteiger partial charge is 0.136 e. The Labute approximate surface area is 112 Å². The zero-order chi connectivity index (χ0) is 14.0. The number of rotatable bonds is 3. The molecule has 19 heavy (non-hydrogen) atoms. The van der Waals surface area contributed by atoms with Gasteiger partial charge in [-0.15, -0.1) is 0 Å². The number of anilines is 1. The second kappa shape index (κ2) is 5.02. The molecule has 98 valence electrons. The first kappa shape index (κ1) is 13.0. The number of hydrogen-bond donors (Lipinski definition) is 1. The summed E-state index contributed by atoms with van der Waals surface area (Å²) in [6.07, 6.45) is 1.71. The lowest BCUT2D eigenvalue weighted by Crippen LogP contribution is -2.04. The zero-order valence-electron chi connectivity index (χ0n) is 11.2. The fourth-order valence-electron chi connectivity index (χ4n) is 1.95. The number of methoxy groups -OCH3 is 1. The molecule has 2 aromatic rings. The van der Waals surface area contributed by atoms with Crippen molar-refractivity contribution in [2.75, 3.05) is 12.8 Å². The van der Waals surface area contributed by atoms with Gasteiger partial charge in [-0.05, 0) is 32.0 Å². The maximum Gasteiger partial charge on any atom is 0.136 e. The summed E-state index contributed by atoms with van der Waals surface area (Å²) >= 11 is 0. The van der Waals surface area contributed by atoms with E-state index in [0.29, 0.717) is 22.8 Å². The number of benzene rings is 1. The van der Waals surface area contributed by atoms with E-state index in [1.54, 1.807) is 18.5 Å². The fraction of sp³-hybridized carbons (Fsp3) is 0.286. The minimum Gasteiger partial charge on any atom is -0.495 e. The van der Waals surface area contributed by atoms with Gasteiger partial charge >= 0.3 is 0 Å². The molecule has 1 aromatic carbocycles. The van der Waals surface area contributed by atoms with E-state index in [1.165, 1.54) is 7.11 Å². The topological polar surface area (TPSA) is 76.9 Å². The molecule has 1 heterocycles. The Morgan fingerprint density at radius 2 is 2.16 bits per heavy atom. The minimum atomic E-state index is 0.245. The molecule has 0 spiro atoms. The molecule has 0 fully saturated rings. The molecule has 2 rings (SSSR count). The molecule has 0 unspecified atom stereocenters. The van der Waals surface area contributed by atoms with E-state index in [2.05, 4.69) is 11.1 Å². The molecule has 0 saturated heterocycles. The number of hydrogen-bond acceptors (Lipinski definition) is 4. The van der Waals surface area contributed by atoms with Gasteiger partial charge in [0.15, 0.2) is 0 Å². The normalized spacial score (nSPS) is 10.5. The average molecular weight is 256 g/mol. The van der Waals surface area contributed by atoms with Gasteiger partial charge in [-0.2, -0.15) is 5.26 Å². The molecule has 0 aliphatic heterocycles. The standard InChI is InChI=1S/C14H16N4O/c1-9(2)18-8-17-13(14(18)16)10-4-5-12(19-3)11(6-10)7-15/h4-6,8-9H,16H2,1-3H3. The Bertz CT molecular complexity index is 637. The summed E-state index contributed by atoms with van der Waals surface area (Å²) in [4.78, 5) is 4.33. The van der Waals surface area contributed by atoms with Crippen LogP contribution in [0.15, 0.2) is 24.5 Å². The van der Waals surface area contributed by atoms with Crippen LogP contribution in [0.2, 0.25) is 0 Å². The van der Waals surface area contributed by atoms with Crippen molar-refractivity contribution in [2.24, 2.45) is 0 Å². The third kappa shape index (κ3) is 2.25. The van der Waals surface area contributed by atoms with Gasteiger partial charge in [-0.1, -0.05) is 0 Å². The third-order valence-corrected chi connectivity index (χ3v) is 2.98. The fourth-order valence-corrected chi connectivity index (χ4v) is 1.95. The van der Waals surface area contributed by atoms with Crippen LogP contribution in [0, 0.1) is 11.3 Å². The molecular formula is C14H16N4O. The lowest BCUT2D eigenvalue weighted by atomic mass is 10.1. The van der Waals surface area contributed by atoms with E-state index >= 15 is 0 Å². The Kier molecular flexibility index (Phi) is 3.43. The van der Waals surface area contributed by atoms with Gasteiger partial charge in [-0.3, -0.25) is 0 Å². The van der Waals surface area contributed by atoms with Crippen LogP contribution in [0.1, 0.15) is 25.5 Å². The lowest BCUT2D eigenvalue weighted by molar-refractivity contribution is 0.413. The number of nitrogens with zero attached hydrogens (tertiary/aromatic N) is 3. The lowest BCUT2D eigenvalue weighted by Gasteiger charge is -2.09. The molecule has 5 nitrogen and oxygen atoms in total. The Morgan fingerprint density at radius 3 is 2.68 bits per heavy atom. The Morgan fingerprint density at radius 1 is 1.42 bits per heavy atom. The summed E-state index contributed by atoms with van der Waals surface area (Å²) in [7, 11) is 1.54. The van der Waals surface area contributed by atoms with Crippen molar-refractivity contribution < 1.29 is 4.74 Å². The van der Waals surface area contributed by atoms with Gasteiger partial charge in [0.1, 0.15) is 23.3 Å². The van der Waals surface area contributed by atoms with Crippen LogP contribution in [-0.2, 0) is 0 Å². The number of nitrogen functional groups attached to an aromatic ring is 1. The molecule has 0 amide bonds. The third-order valence-electron chi connectivity index (χ3n) is 2.98. The number of ether oxygens (including phenoxy) is 1. The number of nitrogens with two attached hydrogens (primary N) is 1. The highest BCUT2D eigenvalue weighted by molar-refractivity contribution is 5.72. The molecule has 2 N–H and O–H groups in total. The molecule has 0 radical (unpaired) electrons. The van der Waals surface area contributed by atoms with Crippen LogP contribution < -0.4 is 10.5 Å². The largest absolute Gasteiger partial charge is 0.495 e. The number of imidazole rings is 1. The molecule has 0 atom stereocenters. The maximum atomic E-state index is 9.10. The van der Waals surface area contributed by atoms with Crippen LogP contribution in [0.5, 0.6) is 5.75 Å². The quantitative estimate of drug-likeness (QED) is 0.915. The van der Waals surface area contributed by atoms with E-state index in [-0.39, 0.29) is 6.04 Å². The van der Waals surface area contributed by atoms with Gasteiger partial charge in [0, 0.05) is 11.6 Å². The van der Waals surface area contributed by atoms with Gasteiger partial charge in [-0.25, -0.2) is 4.98 Å². The molecule has 1 aromatic heterocycles. The Balaban J connectivity index is 2.51. The van der Waals surface area contributed by atoms with Gasteiger partial charge in [0.2, 0.25) is 0 Å². The summed E-state index contributed by atoms with van der Waals surface area (Å²) in [5.74, 6) is 1.15. The van der Waals surface area contributed by atoms with Crippen LogP contribution in [0.25, 0.3) is 11.3 Å². The van der Waals surface area contributed by atoms with Crippen molar-refractivity contribution in [3.63, 3.8) is 0 Å². The van der Waals surface area contributed by atoms with E-state index < -0.39 is 0 Å². The monoisotopic (exact) mass is 256 g/mol. The summed E-state index contributed by atoms with van der Waals surface area (Å²) in [6.45, 7) is 4.08. The van der Waals surface area contributed by atoms with Crippen LogP contribution in [0.3, 0.4) is 0 Å².